The number of guanidine groups is 1. The lowest BCUT2D eigenvalue weighted by molar-refractivity contribution is 0.0424. The molecule has 1 heterocycles. The average molecular weight is 338 g/mol. The van der Waals surface area contributed by atoms with E-state index < -0.39 is 0 Å². The Balaban J connectivity index is 1.33. The maximum atomic E-state index is 5.80. The molecule has 2 N–H and O–H groups in total. The molecule has 1 aliphatic heterocycles. The standard InChI is InChI=1S/C19H35N3O2/c1-2-20-19(21-10-6-11-24-16-9-12-23-14-16)22-18-13-17(18)15-7-4-3-5-8-15/h15-18H,2-14H2,1H3,(H2,20,21,22). The van der Waals surface area contributed by atoms with Crippen LogP contribution < -0.4 is 10.6 Å². The molecule has 3 atom stereocenters. The van der Waals surface area contributed by atoms with Crippen LogP contribution in [0.1, 0.15) is 58.3 Å². The summed E-state index contributed by atoms with van der Waals surface area (Å²) in [5.74, 6) is 2.84. The zero-order valence-corrected chi connectivity index (χ0v) is 15.3. The van der Waals surface area contributed by atoms with Gasteiger partial charge < -0.3 is 20.1 Å². The second kappa shape index (κ2) is 9.62. The molecule has 3 aliphatic rings. The maximum Gasteiger partial charge on any atom is 0.191 e. The van der Waals surface area contributed by atoms with Crippen LogP contribution in [0.25, 0.3) is 0 Å². The third kappa shape index (κ3) is 5.62. The normalized spacial score (nSPS) is 31.2. The van der Waals surface area contributed by atoms with E-state index in [1.54, 1.807) is 0 Å². The molecule has 2 saturated carbocycles. The molecule has 5 nitrogen and oxygen atoms in total. The number of rotatable bonds is 8. The lowest BCUT2D eigenvalue weighted by atomic mass is 9.85. The Hall–Kier alpha value is -0.810. The van der Waals surface area contributed by atoms with Crippen LogP contribution in [0.4, 0.5) is 0 Å². The van der Waals surface area contributed by atoms with E-state index in [1.165, 1.54) is 38.5 Å². The molecule has 1 saturated heterocycles. The van der Waals surface area contributed by atoms with Crippen molar-refractivity contribution in [2.45, 2.75) is 70.4 Å². The van der Waals surface area contributed by atoms with Crippen molar-refractivity contribution in [1.29, 1.82) is 0 Å². The highest BCUT2D eigenvalue weighted by molar-refractivity contribution is 5.80. The van der Waals surface area contributed by atoms with Gasteiger partial charge in [0.25, 0.3) is 0 Å². The van der Waals surface area contributed by atoms with E-state index in [0.717, 1.165) is 63.5 Å². The lowest BCUT2D eigenvalue weighted by Crippen LogP contribution is -2.39. The van der Waals surface area contributed by atoms with Crippen molar-refractivity contribution in [2.24, 2.45) is 16.8 Å². The summed E-state index contributed by atoms with van der Waals surface area (Å²) in [5, 5.41) is 7.04. The Morgan fingerprint density at radius 2 is 2.08 bits per heavy atom. The average Bonchev–Trinajstić information content (AvgIpc) is 3.17. The highest BCUT2D eigenvalue weighted by Crippen LogP contribution is 2.44. The second-order valence-electron chi connectivity index (χ2n) is 7.52. The number of hydrogen-bond acceptors (Lipinski definition) is 3. The predicted octanol–water partition coefficient (Wildman–Crippen LogP) is 2.71. The van der Waals surface area contributed by atoms with Gasteiger partial charge in [-0.05, 0) is 38.0 Å². The molecule has 0 amide bonds. The number of hydrogen-bond donors (Lipinski definition) is 2. The number of nitrogens with zero attached hydrogens (tertiary/aromatic N) is 1. The molecule has 0 spiro atoms. The minimum atomic E-state index is 0.308. The maximum absolute atomic E-state index is 5.80. The Kier molecular flexibility index (Phi) is 7.21. The fourth-order valence-corrected chi connectivity index (χ4v) is 4.11. The van der Waals surface area contributed by atoms with Crippen LogP contribution >= 0.6 is 0 Å². The molecular formula is C19H35N3O2. The minimum Gasteiger partial charge on any atom is -0.379 e. The van der Waals surface area contributed by atoms with Crippen LogP contribution in [0.3, 0.4) is 0 Å². The van der Waals surface area contributed by atoms with Gasteiger partial charge in [-0.25, -0.2) is 0 Å². The van der Waals surface area contributed by atoms with E-state index in [0.29, 0.717) is 12.1 Å². The smallest absolute Gasteiger partial charge is 0.191 e. The van der Waals surface area contributed by atoms with Gasteiger partial charge in [-0.15, -0.1) is 0 Å². The van der Waals surface area contributed by atoms with Crippen molar-refractivity contribution in [1.82, 2.24) is 10.6 Å². The molecule has 3 fully saturated rings. The van der Waals surface area contributed by atoms with Gasteiger partial charge in [0.05, 0.1) is 12.7 Å². The number of aliphatic imine (C=N–C) groups is 1. The molecule has 2 aliphatic carbocycles. The highest BCUT2D eigenvalue weighted by atomic mass is 16.5. The fourth-order valence-electron chi connectivity index (χ4n) is 4.11. The van der Waals surface area contributed by atoms with E-state index in [4.69, 9.17) is 14.5 Å². The molecule has 5 heteroatoms. The first-order valence-corrected chi connectivity index (χ1v) is 10.1. The van der Waals surface area contributed by atoms with Crippen molar-refractivity contribution in [2.75, 3.05) is 32.9 Å². The van der Waals surface area contributed by atoms with E-state index in [-0.39, 0.29) is 0 Å². The fraction of sp³-hybridized carbons (Fsp3) is 0.947. The summed E-state index contributed by atoms with van der Waals surface area (Å²) in [6, 6.07) is 0.651. The molecule has 0 aromatic heterocycles. The summed E-state index contributed by atoms with van der Waals surface area (Å²) >= 11 is 0. The highest BCUT2D eigenvalue weighted by Gasteiger charge is 2.43. The first kappa shape index (κ1) is 18.0. The molecule has 3 unspecified atom stereocenters. The van der Waals surface area contributed by atoms with Gasteiger partial charge in [0, 0.05) is 32.3 Å². The third-order valence-corrected chi connectivity index (χ3v) is 5.58. The topological polar surface area (TPSA) is 54.9 Å². The summed E-state index contributed by atoms with van der Waals surface area (Å²) in [6.07, 6.45) is 10.9. The predicted molar refractivity (Wildman–Crippen MR) is 97.4 cm³/mol. The number of ether oxygens (including phenoxy) is 2. The molecule has 24 heavy (non-hydrogen) atoms. The molecule has 0 aromatic carbocycles. The van der Waals surface area contributed by atoms with Gasteiger partial charge in [-0.1, -0.05) is 32.1 Å². The Morgan fingerprint density at radius 1 is 1.21 bits per heavy atom. The van der Waals surface area contributed by atoms with Gasteiger partial charge in [-0.2, -0.15) is 0 Å². The molecule has 3 rings (SSSR count). The summed E-state index contributed by atoms with van der Waals surface area (Å²) in [4.78, 5) is 4.72. The summed E-state index contributed by atoms with van der Waals surface area (Å²) in [6.45, 7) is 6.27. The van der Waals surface area contributed by atoms with Crippen molar-refractivity contribution in [3.05, 3.63) is 0 Å². The van der Waals surface area contributed by atoms with Crippen LogP contribution in [-0.4, -0.2) is 51.0 Å². The van der Waals surface area contributed by atoms with E-state index in [9.17, 15) is 0 Å². The third-order valence-electron chi connectivity index (χ3n) is 5.58. The zero-order chi connectivity index (χ0) is 16.6. The first-order valence-electron chi connectivity index (χ1n) is 10.1. The van der Waals surface area contributed by atoms with Crippen molar-refractivity contribution in [3.63, 3.8) is 0 Å². The summed E-state index contributed by atoms with van der Waals surface area (Å²) in [5.41, 5.74) is 0. The Bertz CT molecular complexity index is 390. The van der Waals surface area contributed by atoms with E-state index in [2.05, 4.69) is 17.6 Å². The molecule has 0 bridgehead atoms. The van der Waals surface area contributed by atoms with E-state index in [1.807, 2.05) is 0 Å². The van der Waals surface area contributed by atoms with Crippen LogP contribution in [0.15, 0.2) is 4.99 Å². The van der Waals surface area contributed by atoms with Crippen molar-refractivity contribution in [3.8, 4) is 0 Å². The lowest BCUT2D eigenvalue weighted by Gasteiger charge is -2.22. The van der Waals surface area contributed by atoms with Crippen molar-refractivity contribution < 1.29 is 9.47 Å². The number of nitrogens with one attached hydrogen (secondary N) is 2. The minimum absolute atomic E-state index is 0.308. The van der Waals surface area contributed by atoms with Crippen LogP contribution in [0, 0.1) is 11.8 Å². The van der Waals surface area contributed by atoms with Crippen LogP contribution in [0.5, 0.6) is 0 Å². The molecule has 138 valence electrons. The second-order valence-corrected chi connectivity index (χ2v) is 7.52. The molecule has 0 aromatic rings. The van der Waals surface area contributed by atoms with Gasteiger partial charge in [-0.3, -0.25) is 4.99 Å². The Labute approximate surface area is 147 Å². The zero-order valence-electron chi connectivity index (χ0n) is 15.3. The largest absolute Gasteiger partial charge is 0.379 e. The van der Waals surface area contributed by atoms with Gasteiger partial charge in [0.15, 0.2) is 5.96 Å². The monoisotopic (exact) mass is 337 g/mol. The van der Waals surface area contributed by atoms with E-state index >= 15 is 0 Å². The van der Waals surface area contributed by atoms with Gasteiger partial charge in [0.2, 0.25) is 0 Å². The van der Waals surface area contributed by atoms with Gasteiger partial charge in [0.1, 0.15) is 0 Å². The SMILES string of the molecule is CCNC(=NCCCOC1CCOC1)NC1CC1C1CCCCC1. The quantitative estimate of drug-likeness (QED) is 0.406. The summed E-state index contributed by atoms with van der Waals surface area (Å²) < 4.78 is 11.1. The molecule has 0 radical (unpaired) electrons. The summed E-state index contributed by atoms with van der Waals surface area (Å²) in [7, 11) is 0. The first-order chi connectivity index (χ1) is 11.9. The molecular weight excluding hydrogens is 302 g/mol. The Morgan fingerprint density at radius 3 is 2.83 bits per heavy atom. The van der Waals surface area contributed by atoms with Gasteiger partial charge >= 0.3 is 0 Å². The van der Waals surface area contributed by atoms with Crippen LogP contribution in [0.2, 0.25) is 0 Å². The van der Waals surface area contributed by atoms with Crippen LogP contribution in [-0.2, 0) is 9.47 Å². The van der Waals surface area contributed by atoms with Crippen molar-refractivity contribution >= 4 is 5.96 Å².